The topological polar surface area (TPSA) is 77.5 Å². The fourth-order valence-electron chi connectivity index (χ4n) is 3.51. The molecule has 4 rings (SSSR count). The lowest BCUT2D eigenvalue weighted by atomic mass is 10.00. The van der Waals surface area contributed by atoms with Gasteiger partial charge >= 0.3 is 5.97 Å². The standard InChI is InChI=1S/C24H22N2O4/c1-16-22(25-15-26(16)14-20-12-13-21(30-20)24(27)28)23(29-2)19-10-8-18(9-11-19)17-6-4-3-5-7-17/h3-13,15,23H,14H2,1-2H3,(H,27,28). The maximum Gasteiger partial charge on any atom is 0.371 e. The minimum absolute atomic E-state index is 0.0729. The molecule has 1 unspecified atom stereocenters. The van der Waals surface area contributed by atoms with E-state index in [1.165, 1.54) is 6.07 Å². The van der Waals surface area contributed by atoms with Gasteiger partial charge in [-0.15, -0.1) is 0 Å². The molecular weight excluding hydrogens is 380 g/mol. The number of carboxylic acid groups (broad SMARTS) is 1. The van der Waals surface area contributed by atoms with E-state index in [9.17, 15) is 4.79 Å². The Morgan fingerprint density at radius 1 is 1.07 bits per heavy atom. The van der Waals surface area contributed by atoms with Gasteiger partial charge in [0.05, 0.1) is 18.6 Å². The third kappa shape index (κ3) is 3.90. The van der Waals surface area contributed by atoms with Crippen LogP contribution in [0, 0.1) is 6.92 Å². The number of benzene rings is 2. The first-order valence-electron chi connectivity index (χ1n) is 9.58. The van der Waals surface area contributed by atoms with Crippen LogP contribution in [0.5, 0.6) is 0 Å². The van der Waals surface area contributed by atoms with Crippen LogP contribution in [-0.4, -0.2) is 27.7 Å². The van der Waals surface area contributed by atoms with Crippen LogP contribution < -0.4 is 0 Å². The Morgan fingerprint density at radius 3 is 2.40 bits per heavy atom. The summed E-state index contributed by atoms with van der Waals surface area (Å²) in [5.41, 5.74) is 5.06. The van der Waals surface area contributed by atoms with Crippen LogP contribution in [0.2, 0.25) is 0 Å². The number of aromatic carboxylic acids is 1. The van der Waals surface area contributed by atoms with Crippen molar-refractivity contribution in [2.24, 2.45) is 0 Å². The van der Waals surface area contributed by atoms with Gasteiger partial charge in [-0.25, -0.2) is 9.78 Å². The first-order chi connectivity index (χ1) is 14.6. The van der Waals surface area contributed by atoms with Crippen molar-refractivity contribution >= 4 is 5.97 Å². The Morgan fingerprint density at radius 2 is 1.77 bits per heavy atom. The van der Waals surface area contributed by atoms with Crippen LogP contribution in [0.3, 0.4) is 0 Å². The molecule has 1 N–H and O–H groups in total. The maximum absolute atomic E-state index is 11.0. The highest BCUT2D eigenvalue weighted by Gasteiger charge is 2.21. The van der Waals surface area contributed by atoms with Crippen molar-refractivity contribution < 1.29 is 19.1 Å². The van der Waals surface area contributed by atoms with E-state index in [-0.39, 0.29) is 11.9 Å². The van der Waals surface area contributed by atoms with E-state index in [0.29, 0.717) is 12.3 Å². The second-order valence-electron chi connectivity index (χ2n) is 7.02. The molecule has 2 heterocycles. The molecule has 0 amide bonds. The number of carbonyl (C=O) groups is 1. The number of imidazole rings is 1. The fourth-order valence-corrected chi connectivity index (χ4v) is 3.51. The number of carboxylic acids is 1. The van der Waals surface area contributed by atoms with E-state index in [0.717, 1.165) is 28.1 Å². The summed E-state index contributed by atoms with van der Waals surface area (Å²) in [7, 11) is 1.67. The molecule has 0 bridgehead atoms. The number of aromatic nitrogens is 2. The second-order valence-corrected chi connectivity index (χ2v) is 7.02. The minimum Gasteiger partial charge on any atom is -0.475 e. The van der Waals surface area contributed by atoms with Crippen molar-refractivity contribution in [3.63, 3.8) is 0 Å². The molecule has 2 aromatic carbocycles. The molecule has 6 nitrogen and oxygen atoms in total. The van der Waals surface area contributed by atoms with Gasteiger partial charge in [-0.3, -0.25) is 0 Å². The molecule has 0 aliphatic carbocycles. The summed E-state index contributed by atoms with van der Waals surface area (Å²) in [5, 5.41) is 9.02. The molecule has 30 heavy (non-hydrogen) atoms. The van der Waals surface area contributed by atoms with Crippen LogP contribution in [0.25, 0.3) is 11.1 Å². The van der Waals surface area contributed by atoms with Gasteiger partial charge in [-0.2, -0.15) is 0 Å². The molecule has 0 radical (unpaired) electrons. The lowest BCUT2D eigenvalue weighted by molar-refractivity contribution is 0.0660. The average molecular weight is 402 g/mol. The highest BCUT2D eigenvalue weighted by Crippen LogP contribution is 2.29. The third-order valence-corrected chi connectivity index (χ3v) is 5.14. The smallest absolute Gasteiger partial charge is 0.371 e. The summed E-state index contributed by atoms with van der Waals surface area (Å²) >= 11 is 0. The van der Waals surface area contributed by atoms with E-state index in [2.05, 4.69) is 41.4 Å². The summed E-state index contributed by atoms with van der Waals surface area (Å²) in [6.45, 7) is 2.36. The summed E-state index contributed by atoms with van der Waals surface area (Å²) in [5.74, 6) is -0.598. The van der Waals surface area contributed by atoms with E-state index in [4.69, 9.17) is 14.3 Å². The van der Waals surface area contributed by atoms with Gasteiger partial charge in [0.25, 0.3) is 0 Å². The summed E-state index contributed by atoms with van der Waals surface area (Å²) in [6.07, 6.45) is 1.42. The summed E-state index contributed by atoms with van der Waals surface area (Å²) in [4.78, 5) is 15.6. The number of hydrogen-bond acceptors (Lipinski definition) is 4. The number of rotatable bonds is 7. The van der Waals surface area contributed by atoms with E-state index in [1.54, 1.807) is 19.5 Å². The molecule has 0 aliphatic heterocycles. The van der Waals surface area contributed by atoms with Gasteiger partial charge in [0.15, 0.2) is 0 Å². The van der Waals surface area contributed by atoms with Gasteiger partial charge in [-0.05, 0) is 35.7 Å². The Kier molecular flexibility index (Phi) is 5.50. The van der Waals surface area contributed by atoms with Crippen molar-refractivity contribution in [3.05, 3.63) is 102 Å². The van der Waals surface area contributed by atoms with Gasteiger partial charge in [0, 0.05) is 12.8 Å². The summed E-state index contributed by atoms with van der Waals surface area (Å²) < 4.78 is 13.1. The van der Waals surface area contributed by atoms with Gasteiger partial charge in [-0.1, -0.05) is 54.6 Å². The zero-order chi connectivity index (χ0) is 21.1. The van der Waals surface area contributed by atoms with Crippen LogP contribution in [0.1, 0.15) is 39.4 Å². The van der Waals surface area contributed by atoms with E-state index < -0.39 is 5.97 Å². The Balaban J connectivity index is 1.57. The Labute approximate surface area is 174 Å². The first-order valence-corrected chi connectivity index (χ1v) is 9.58. The second kappa shape index (κ2) is 8.39. The Hall–Kier alpha value is -3.64. The molecule has 152 valence electrons. The van der Waals surface area contributed by atoms with Crippen molar-refractivity contribution in [3.8, 4) is 11.1 Å². The zero-order valence-corrected chi connectivity index (χ0v) is 16.8. The van der Waals surface area contributed by atoms with Crippen molar-refractivity contribution in [2.45, 2.75) is 19.6 Å². The number of hydrogen-bond donors (Lipinski definition) is 1. The largest absolute Gasteiger partial charge is 0.475 e. The SMILES string of the molecule is COC(c1ccc(-c2ccccc2)cc1)c1ncn(Cc2ccc(C(=O)O)o2)c1C. The predicted octanol–water partition coefficient (Wildman–Crippen LogP) is 4.93. The monoisotopic (exact) mass is 402 g/mol. The van der Waals surface area contributed by atoms with Crippen LogP contribution in [-0.2, 0) is 11.3 Å². The highest BCUT2D eigenvalue weighted by atomic mass is 16.5. The highest BCUT2D eigenvalue weighted by molar-refractivity contribution is 5.84. The van der Waals surface area contributed by atoms with Crippen LogP contribution in [0.15, 0.2) is 77.5 Å². The zero-order valence-electron chi connectivity index (χ0n) is 16.8. The average Bonchev–Trinajstić information content (AvgIpc) is 3.38. The van der Waals surface area contributed by atoms with Crippen molar-refractivity contribution in [1.29, 1.82) is 0 Å². The maximum atomic E-state index is 11.0. The third-order valence-electron chi connectivity index (χ3n) is 5.14. The molecule has 0 saturated heterocycles. The number of methoxy groups -OCH3 is 1. The molecule has 0 fully saturated rings. The predicted molar refractivity (Wildman–Crippen MR) is 112 cm³/mol. The molecule has 0 aliphatic rings. The molecule has 0 saturated carbocycles. The lowest BCUT2D eigenvalue weighted by Crippen LogP contribution is -2.07. The van der Waals surface area contributed by atoms with Crippen molar-refractivity contribution in [1.82, 2.24) is 9.55 Å². The first kappa shape index (κ1) is 19.7. The number of ether oxygens (including phenoxy) is 1. The molecule has 2 aromatic heterocycles. The molecule has 0 spiro atoms. The molecule has 4 aromatic rings. The van der Waals surface area contributed by atoms with Crippen LogP contribution in [0.4, 0.5) is 0 Å². The lowest BCUT2D eigenvalue weighted by Gasteiger charge is -2.16. The normalized spacial score (nSPS) is 12.1. The van der Waals surface area contributed by atoms with Gasteiger partial charge in [0.2, 0.25) is 5.76 Å². The molecule has 6 heteroatoms. The quantitative estimate of drug-likeness (QED) is 0.474. The van der Waals surface area contributed by atoms with E-state index in [1.807, 2.05) is 29.7 Å². The van der Waals surface area contributed by atoms with Crippen LogP contribution >= 0.6 is 0 Å². The molecule has 1 atom stereocenters. The van der Waals surface area contributed by atoms with E-state index >= 15 is 0 Å². The van der Waals surface area contributed by atoms with Gasteiger partial charge in [0.1, 0.15) is 11.9 Å². The fraction of sp³-hybridized carbons (Fsp3) is 0.167. The Bertz CT molecular complexity index is 1140. The molecular formula is C24H22N2O4. The summed E-state index contributed by atoms with van der Waals surface area (Å²) in [6, 6.07) is 21.6. The minimum atomic E-state index is -1.08. The van der Waals surface area contributed by atoms with Crippen molar-refractivity contribution in [2.75, 3.05) is 7.11 Å². The number of furan rings is 1. The van der Waals surface area contributed by atoms with Gasteiger partial charge < -0.3 is 18.8 Å². The number of nitrogens with zero attached hydrogens (tertiary/aromatic N) is 2.